The highest BCUT2D eigenvalue weighted by atomic mass is 32.1. The Morgan fingerprint density at radius 1 is 1.20 bits per heavy atom. The lowest BCUT2D eigenvalue weighted by molar-refractivity contribution is -0.123. The molecule has 126 valence electrons. The van der Waals surface area contributed by atoms with Gasteiger partial charge in [-0.05, 0) is 59.7 Å². The molecule has 1 fully saturated rings. The molecule has 0 spiro atoms. The standard InChI is InChI=1S/C20H17FN2OS/c21-16-5-3-15(4-6-16)20(8-9-20)19(24)23-13-14-7-10-22-17(12-14)18-2-1-11-25-18/h1-7,10-12H,8-9,13H2,(H,23,24). The van der Waals surface area contributed by atoms with Crippen molar-refractivity contribution in [3.63, 3.8) is 0 Å². The van der Waals surface area contributed by atoms with Crippen molar-refractivity contribution >= 4 is 17.2 Å². The van der Waals surface area contributed by atoms with Crippen molar-refractivity contribution in [2.45, 2.75) is 24.8 Å². The molecule has 1 aromatic carbocycles. The van der Waals surface area contributed by atoms with Crippen LogP contribution in [0.3, 0.4) is 0 Å². The highest BCUT2D eigenvalue weighted by Crippen LogP contribution is 2.48. The van der Waals surface area contributed by atoms with Gasteiger partial charge in [-0.25, -0.2) is 4.39 Å². The molecule has 2 aromatic heterocycles. The lowest BCUT2D eigenvalue weighted by Gasteiger charge is -2.16. The highest BCUT2D eigenvalue weighted by molar-refractivity contribution is 7.13. The third-order valence-corrected chi connectivity index (χ3v) is 5.52. The molecule has 0 radical (unpaired) electrons. The third-order valence-electron chi connectivity index (χ3n) is 4.63. The van der Waals surface area contributed by atoms with Crippen LogP contribution in [0.5, 0.6) is 0 Å². The topological polar surface area (TPSA) is 42.0 Å². The summed E-state index contributed by atoms with van der Waals surface area (Å²) in [6.07, 6.45) is 3.38. The van der Waals surface area contributed by atoms with Crippen LogP contribution in [-0.4, -0.2) is 10.9 Å². The van der Waals surface area contributed by atoms with Gasteiger partial charge in [0.05, 0.1) is 16.0 Å². The Kier molecular flexibility index (Phi) is 4.09. The van der Waals surface area contributed by atoms with E-state index in [0.29, 0.717) is 6.54 Å². The number of amides is 1. The largest absolute Gasteiger partial charge is 0.351 e. The Bertz CT molecular complexity index is 886. The van der Waals surface area contributed by atoms with E-state index in [-0.39, 0.29) is 11.7 Å². The first-order valence-electron chi connectivity index (χ1n) is 8.21. The maximum absolute atomic E-state index is 13.1. The molecule has 5 heteroatoms. The predicted molar refractivity (Wildman–Crippen MR) is 96.7 cm³/mol. The summed E-state index contributed by atoms with van der Waals surface area (Å²) >= 11 is 1.64. The second-order valence-corrected chi connectivity index (χ2v) is 7.25. The van der Waals surface area contributed by atoms with Crippen molar-refractivity contribution in [3.05, 3.63) is 77.1 Å². The Labute approximate surface area is 149 Å². The number of pyridine rings is 1. The number of carbonyl (C=O) groups excluding carboxylic acids is 1. The third kappa shape index (κ3) is 3.20. The summed E-state index contributed by atoms with van der Waals surface area (Å²) in [6.45, 7) is 0.461. The van der Waals surface area contributed by atoms with E-state index in [4.69, 9.17) is 0 Å². The Morgan fingerprint density at radius 2 is 2.00 bits per heavy atom. The summed E-state index contributed by atoms with van der Waals surface area (Å²) in [5, 5.41) is 5.05. The molecule has 0 unspecified atom stereocenters. The molecule has 1 saturated carbocycles. The summed E-state index contributed by atoms with van der Waals surface area (Å²) in [4.78, 5) is 18.2. The molecule has 1 aliphatic carbocycles. The SMILES string of the molecule is O=C(NCc1ccnc(-c2cccs2)c1)C1(c2ccc(F)cc2)CC1. The number of thiophene rings is 1. The van der Waals surface area contributed by atoms with Gasteiger partial charge in [0.2, 0.25) is 5.91 Å². The number of nitrogens with one attached hydrogen (secondary N) is 1. The molecule has 0 bridgehead atoms. The molecule has 25 heavy (non-hydrogen) atoms. The van der Waals surface area contributed by atoms with Crippen molar-refractivity contribution in [1.82, 2.24) is 10.3 Å². The summed E-state index contributed by atoms with van der Waals surface area (Å²) < 4.78 is 13.1. The molecule has 0 saturated heterocycles. The van der Waals surface area contributed by atoms with Crippen molar-refractivity contribution in [3.8, 4) is 10.6 Å². The zero-order chi connectivity index (χ0) is 17.3. The van der Waals surface area contributed by atoms with Crippen LogP contribution in [0.25, 0.3) is 10.6 Å². The Hall–Kier alpha value is -2.53. The smallest absolute Gasteiger partial charge is 0.230 e. The van der Waals surface area contributed by atoms with Gasteiger partial charge in [-0.3, -0.25) is 9.78 Å². The van der Waals surface area contributed by atoms with Gasteiger partial charge in [0.15, 0.2) is 0 Å². The molecule has 0 atom stereocenters. The van der Waals surface area contributed by atoms with Gasteiger partial charge in [-0.1, -0.05) is 18.2 Å². The first-order chi connectivity index (χ1) is 12.2. The lowest BCUT2D eigenvalue weighted by Crippen LogP contribution is -2.34. The minimum atomic E-state index is -0.489. The van der Waals surface area contributed by atoms with Crippen molar-refractivity contribution < 1.29 is 9.18 Å². The van der Waals surface area contributed by atoms with Crippen LogP contribution in [0.2, 0.25) is 0 Å². The first kappa shape index (κ1) is 16.0. The zero-order valence-electron chi connectivity index (χ0n) is 13.5. The van der Waals surface area contributed by atoms with Gasteiger partial charge in [0.1, 0.15) is 5.82 Å². The molecule has 4 rings (SSSR count). The lowest BCUT2D eigenvalue weighted by atomic mass is 9.95. The summed E-state index contributed by atoms with van der Waals surface area (Å²) in [6, 6.07) is 14.2. The van der Waals surface area contributed by atoms with Crippen molar-refractivity contribution in [1.29, 1.82) is 0 Å². The van der Waals surface area contributed by atoms with E-state index in [1.165, 1.54) is 12.1 Å². The molecule has 2 heterocycles. The Balaban J connectivity index is 1.46. The average molecular weight is 352 g/mol. The minimum absolute atomic E-state index is 0.00796. The second kappa shape index (κ2) is 6.41. The van der Waals surface area contributed by atoms with Gasteiger partial charge in [-0.2, -0.15) is 0 Å². The van der Waals surface area contributed by atoms with E-state index in [0.717, 1.165) is 34.5 Å². The number of rotatable bonds is 5. The monoisotopic (exact) mass is 352 g/mol. The zero-order valence-corrected chi connectivity index (χ0v) is 14.4. The fraction of sp³-hybridized carbons (Fsp3) is 0.200. The van der Waals surface area contributed by atoms with E-state index < -0.39 is 5.41 Å². The molecule has 1 aliphatic rings. The van der Waals surface area contributed by atoms with Gasteiger partial charge >= 0.3 is 0 Å². The summed E-state index contributed by atoms with van der Waals surface area (Å²) in [5.41, 5.74) is 2.33. The number of carbonyl (C=O) groups is 1. The number of hydrogen-bond acceptors (Lipinski definition) is 3. The van der Waals surface area contributed by atoms with Gasteiger partial charge in [0.25, 0.3) is 0 Å². The average Bonchev–Trinajstić information content (AvgIpc) is 3.26. The van der Waals surface area contributed by atoms with Gasteiger partial charge in [0, 0.05) is 12.7 Å². The van der Waals surface area contributed by atoms with Crippen LogP contribution in [-0.2, 0) is 16.8 Å². The summed E-state index contributed by atoms with van der Waals surface area (Å²) in [5.74, 6) is -0.272. The highest BCUT2D eigenvalue weighted by Gasteiger charge is 2.51. The van der Waals surface area contributed by atoms with Crippen LogP contribution in [0.4, 0.5) is 4.39 Å². The molecule has 1 N–H and O–H groups in total. The fourth-order valence-electron chi connectivity index (χ4n) is 3.04. The molecular weight excluding hydrogens is 335 g/mol. The van der Waals surface area contributed by atoms with E-state index in [1.807, 2.05) is 29.6 Å². The second-order valence-electron chi connectivity index (χ2n) is 6.30. The van der Waals surface area contributed by atoms with Crippen LogP contribution in [0.1, 0.15) is 24.0 Å². The van der Waals surface area contributed by atoms with E-state index >= 15 is 0 Å². The number of benzene rings is 1. The maximum Gasteiger partial charge on any atom is 0.230 e. The first-order valence-corrected chi connectivity index (χ1v) is 9.08. The Morgan fingerprint density at radius 3 is 2.68 bits per heavy atom. The molecular formula is C20H17FN2OS. The normalized spacial score (nSPS) is 14.9. The van der Waals surface area contributed by atoms with Crippen LogP contribution in [0.15, 0.2) is 60.1 Å². The maximum atomic E-state index is 13.1. The fourth-order valence-corrected chi connectivity index (χ4v) is 3.73. The van der Waals surface area contributed by atoms with Gasteiger partial charge < -0.3 is 5.32 Å². The van der Waals surface area contributed by atoms with Crippen molar-refractivity contribution in [2.24, 2.45) is 0 Å². The number of halogens is 1. The van der Waals surface area contributed by atoms with Crippen LogP contribution in [0, 0.1) is 5.82 Å². The molecule has 3 aromatic rings. The molecule has 3 nitrogen and oxygen atoms in total. The summed E-state index contributed by atoms with van der Waals surface area (Å²) in [7, 11) is 0. The van der Waals surface area contributed by atoms with E-state index in [2.05, 4.69) is 10.3 Å². The minimum Gasteiger partial charge on any atom is -0.351 e. The van der Waals surface area contributed by atoms with Crippen LogP contribution >= 0.6 is 11.3 Å². The van der Waals surface area contributed by atoms with E-state index in [1.54, 1.807) is 29.7 Å². The number of aromatic nitrogens is 1. The number of nitrogens with zero attached hydrogens (tertiary/aromatic N) is 1. The quantitative estimate of drug-likeness (QED) is 0.744. The van der Waals surface area contributed by atoms with Crippen molar-refractivity contribution in [2.75, 3.05) is 0 Å². The molecule has 0 aliphatic heterocycles. The molecule has 1 amide bonds. The van der Waals surface area contributed by atoms with E-state index in [9.17, 15) is 9.18 Å². The van der Waals surface area contributed by atoms with Gasteiger partial charge in [-0.15, -0.1) is 11.3 Å². The number of hydrogen-bond donors (Lipinski definition) is 1. The van der Waals surface area contributed by atoms with Crippen LogP contribution < -0.4 is 5.32 Å². The predicted octanol–water partition coefficient (Wildman–Crippen LogP) is 4.30.